The van der Waals surface area contributed by atoms with Gasteiger partial charge in [-0.1, -0.05) is 28.8 Å². The van der Waals surface area contributed by atoms with Crippen LogP contribution in [0.5, 0.6) is 5.75 Å². The molecule has 19 heavy (non-hydrogen) atoms. The van der Waals surface area contributed by atoms with Gasteiger partial charge in [0.25, 0.3) is 0 Å². The molecule has 1 saturated carbocycles. The average Bonchev–Trinajstić information content (AvgIpc) is 2.45. The van der Waals surface area contributed by atoms with E-state index in [0.717, 1.165) is 22.2 Å². The molecule has 0 heterocycles. The Labute approximate surface area is 123 Å². The molecular formula is C15H22BrNO2. The van der Waals surface area contributed by atoms with Crippen LogP contribution in [0.25, 0.3) is 0 Å². The summed E-state index contributed by atoms with van der Waals surface area (Å²) in [6, 6.07) is 6.50. The maximum Gasteiger partial charge on any atom is 0.124 e. The van der Waals surface area contributed by atoms with Gasteiger partial charge < -0.3 is 14.8 Å². The first-order valence-electron chi connectivity index (χ1n) is 6.86. The van der Waals surface area contributed by atoms with Crippen molar-refractivity contribution in [2.45, 2.75) is 44.4 Å². The van der Waals surface area contributed by atoms with Crippen LogP contribution in [0.1, 0.15) is 31.2 Å². The van der Waals surface area contributed by atoms with E-state index in [1.807, 2.05) is 19.2 Å². The summed E-state index contributed by atoms with van der Waals surface area (Å²) in [6.07, 6.45) is 5.21. The zero-order valence-corrected chi connectivity index (χ0v) is 13.2. The molecule has 2 atom stereocenters. The molecule has 0 spiro atoms. The summed E-state index contributed by atoms with van der Waals surface area (Å²) in [5.74, 6) is 0.889. The van der Waals surface area contributed by atoms with Crippen LogP contribution in [0.15, 0.2) is 22.7 Å². The highest BCUT2D eigenvalue weighted by molar-refractivity contribution is 9.10. The first kappa shape index (κ1) is 14.8. The maximum atomic E-state index is 6.11. The molecule has 1 aromatic rings. The van der Waals surface area contributed by atoms with E-state index in [4.69, 9.17) is 9.47 Å². The van der Waals surface area contributed by atoms with Crippen molar-refractivity contribution in [3.63, 3.8) is 0 Å². The standard InChI is InChI=1S/C15H22BrNO2/c1-17-13-5-3-4-6-15(13)19-10-11-9-12(16)7-8-14(11)18-2/h7-9,13,15,17H,3-6,10H2,1-2H3. The lowest BCUT2D eigenvalue weighted by Gasteiger charge is -2.31. The van der Waals surface area contributed by atoms with E-state index in [0.29, 0.717) is 18.8 Å². The number of methoxy groups -OCH3 is 1. The van der Waals surface area contributed by atoms with Crippen LogP contribution in [0.3, 0.4) is 0 Å². The van der Waals surface area contributed by atoms with Crippen molar-refractivity contribution >= 4 is 15.9 Å². The predicted molar refractivity (Wildman–Crippen MR) is 80.6 cm³/mol. The van der Waals surface area contributed by atoms with Gasteiger partial charge in [0, 0.05) is 16.1 Å². The SMILES string of the molecule is CNC1CCCCC1OCc1cc(Br)ccc1OC. The van der Waals surface area contributed by atoms with Gasteiger partial charge in [0.2, 0.25) is 0 Å². The predicted octanol–water partition coefficient (Wildman–Crippen LogP) is 3.50. The van der Waals surface area contributed by atoms with Crippen molar-refractivity contribution < 1.29 is 9.47 Å². The molecule has 0 saturated heterocycles. The molecule has 1 aliphatic rings. The first-order chi connectivity index (χ1) is 9.24. The number of hydrogen-bond acceptors (Lipinski definition) is 3. The van der Waals surface area contributed by atoms with Crippen LogP contribution in [0, 0.1) is 0 Å². The Balaban J connectivity index is 1.99. The van der Waals surface area contributed by atoms with Gasteiger partial charge in [-0.2, -0.15) is 0 Å². The van der Waals surface area contributed by atoms with Gasteiger partial charge >= 0.3 is 0 Å². The quantitative estimate of drug-likeness (QED) is 0.897. The highest BCUT2D eigenvalue weighted by atomic mass is 79.9. The smallest absolute Gasteiger partial charge is 0.124 e. The van der Waals surface area contributed by atoms with Crippen LogP contribution in [0.2, 0.25) is 0 Å². The van der Waals surface area contributed by atoms with E-state index in [1.165, 1.54) is 19.3 Å². The molecule has 0 aliphatic heterocycles. The summed E-state index contributed by atoms with van der Waals surface area (Å²) >= 11 is 3.49. The molecule has 1 aliphatic carbocycles. The van der Waals surface area contributed by atoms with Gasteiger partial charge in [-0.05, 0) is 38.1 Å². The number of rotatable bonds is 5. The summed E-state index contributed by atoms with van der Waals surface area (Å²) in [6.45, 7) is 0.603. The van der Waals surface area contributed by atoms with Gasteiger partial charge in [-0.25, -0.2) is 0 Å². The fourth-order valence-corrected chi connectivity index (χ4v) is 3.09. The summed E-state index contributed by atoms with van der Waals surface area (Å²) in [7, 11) is 3.72. The normalized spacial score (nSPS) is 23.3. The van der Waals surface area contributed by atoms with E-state index in [9.17, 15) is 0 Å². The number of benzene rings is 1. The fraction of sp³-hybridized carbons (Fsp3) is 0.600. The second-order valence-corrected chi connectivity index (χ2v) is 5.90. The van der Waals surface area contributed by atoms with E-state index >= 15 is 0 Å². The van der Waals surface area contributed by atoms with Crippen molar-refractivity contribution in [1.29, 1.82) is 0 Å². The van der Waals surface area contributed by atoms with Crippen LogP contribution in [0.4, 0.5) is 0 Å². The second kappa shape index (κ2) is 7.27. The van der Waals surface area contributed by atoms with Crippen LogP contribution in [-0.4, -0.2) is 26.3 Å². The third kappa shape index (κ3) is 3.94. The van der Waals surface area contributed by atoms with Crippen molar-refractivity contribution in [2.24, 2.45) is 0 Å². The van der Waals surface area contributed by atoms with E-state index in [1.54, 1.807) is 7.11 Å². The van der Waals surface area contributed by atoms with Gasteiger partial charge in [-0.3, -0.25) is 0 Å². The van der Waals surface area contributed by atoms with E-state index in [-0.39, 0.29) is 0 Å². The lowest BCUT2D eigenvalue weighted by molar-refractivity contribution is -0.00430. The lowest BCUT2D eigenvalue weighted by Crippen LogP contribution is -2.41. The van der Waals surface area contributed by atoms with Crippen LogP contribution >= 0.6 is 15.9 Å². The third-order valence-corrected chi connectivity index (χ3v) is 4.26. The number of likely N-dealkylation sites (N-methyl/N-ethyl adjacent to an activating group) is 1. The minimum atomic E-state index is 0.308. The Kier molecular flexibility index (Phi) is 5.67. The molecule has 106 valence electrons. The molecule has 2 rings (SSSR count). The largest absolute Gasteiger partial charge is 0.496 e. The average molecular weight is 328 g/mol. The minimum Gasteiger partial charge on any atom is -0.496 e. The van der Waals surface area contributed by atoms with Gasteiger partial charge in [-0.15, -0.1) is 0 Å². The summed E-state index contributed by atoms with van der Waals surface area (Å²) in [5.41, 5.74) is 1.09. The Hall–Kier alpha value is -0.580. The van der Waals surface area contributed by atoms with Crippen LogP contribution in [-0.2, 0) is 11.3 Å². The molecule has 2 unspecified atom stereocenters. The first-order valence-corrected chi connectivity index (χ1v) is 7.65. The summed E-state index contributed by atoms with van der Waals surface area (Å²) in [4.78, 5) is 0. The Bertz CT molecular complexity index is 411. The minimum absolute atomic E-state index is 0.308. The molecule has 0 bridgehead atoms. The molecule has 1 aromatic carbocycles. The highest BCUT2D eigenvalue weighted by Gasteiger charge is 2.24. The molecular weight excluding hydrogens is 306 g/mol. The van der Waals surface area contributed by atoms with Crippen molar-refractivity contribution in [3.8, 4) is 5.75 Å². The topological polar surface area (TPSA) is 30.5 Å². The number of ether oxygens (including phenoxy) is 2. The Morgan fingerprint density at radius 3 is 2.84 bits per heavy atom. The van der Waals surface area contributed by atoms with Crippen molar-refractivity contribution in [2.75, 3.05) is 14.2 Å². The molecule has 0 radical (unpaired) electrons. The van der Waals surface area contributed by atoms with Gasteiger partial charge in [0.05, 0.1) is 19.8 Å². The number of halogens is 1. The van der Waals surface area contributed by atoms with E-state index < -0.39 is 0 Å². The van der Waals surface area contributed by atoms with Crippen LogP contribution < -0.4 is 10.1 Å². The zero-order chi connectivity index (χ0) is 13.7. The number of nitrogens with one attached hydrogen (secondary N) is 1. The molecule has 4 heteroatoms. The summed E-state index contributed by atoms with van der Waals surface area (Å²) in [5, 5.41) is 3.36. The molecule has 0 amide bonds. The molecule has 1 N–H and O–H groups in total. The highest BCUT2D eigenvalue weighted by Crippen LogP contribution is 2.26. The van der Waals surface area contributed by atoms with Gasteiger partial charge in [0.15, 0.2) is 0 Å². The van der Waals surface area contributed by atoms with Gasteiger partial charge in [0.1, 0.15) is 5.75 Å². The Morgan fingerprint density at radius 1 is 1.32 bits per heavy atom. The zero-order valence-electron chi connectivity index (χ0n) is 11.6. The van der Waals surface area contributed by atoms with Crippen molar-refractivity contribution in [1.82, 2.24) is 5.32 Å². The fourth-order valence-electron chi connectivity index (χ4n) is 2.68. The Morgan fingerprint density at radius 2 is 2.11 bits per heavy atom. The molecule has 3 nitrogen and oxygen atoms in total. The third-order valence-electron chi connectivity index (χ3n) is 3.77. The van der Waals surface area contributed by atoms with E-state index in [2.05, 4.69) is 27.3 Å². The number of hydrogen-bond donors (Lipinski definition) is 1. The monoisotopic (exact) mass is 327 g/mol. The van der Waals surface area contributed by atoms with Crippen molar-refractivity contribution in [3.05, 3.63) is 28.2 Å². The second-order valence-electron chi connectivity index (χ2n) is 4.99. The summed E-state index contributed by atoms with van der Waals surface area (Å²) < 4.78 is 12.5. The lowest BCUT2D eigenvalue weighted by atomic mass is 9.92. The molecule has 1 fully saturated rings. The molecule has 0 aromatic heterocycles. The maximum absolute atomic E-state index is 6.11.